The van der Waals surface area contributed by atoms with E-state index in [1.54, 1.807) is 65.0 Å². The minimum Gasteiger partial charge on any atom is -0.480 e. The summed E-state index contributed by atoms with van der Waals surface area (Å²) in [7, 11) is 1.41. The third-order valence-corrected chi connectivity index (χ3v) is 6.85. The van der Waals surface area contributed by atoms with Gasteiger partial charge in [-0.1, -0.05) is 49.3 Å². The molecule has 14 heteroatoms. The number of nitrogens with one attached hydrogen (secondary N) is 2. The lowest BCUT2D eigenvalue weighted by Crippen LogP contribution is -2.58. The van der Waals surface area contributed by atoms with Gasteiger partial charge >= 0.3 is 12.1 Å². The topological polar surface area (TPSA) is 194 Å². The molecular weight excluding hydrogens is 546 g/mol. The second kappa shape index (κ2) is 14.5. The molecule has 1 aliphatic rings. The van der Waals surface area contributed by atoms with Gasteiger partial charge in [-0.05, 0) is 51.1 Å². The Morgan fingerprint density at radius 1 is 1.14 bits per heavy atom. The van der Waals surface area contributed by atoms with Crippen molar-refractivity contribution in [3.05, 3.63) is 46.3 Å². The number of carbonyl (C=O) groups excluding carboxylic acids is 4. The van der Waals surface area contributed by atoms with E-state index in [4.69, 9.17) is 10.3 Å². The highest BCUT2D eigenvalue weighted by atomic mass is 16.6. The number of carbonyl (C=O) groups is 5. The van der Waals surface area contributed by atoms with Crippen LogP contribution in [0.1, 0.15) is 53.5 Å². The van der Waals surface area contributed by atoms with Gasteiger partial charge in [-0.2, -0.15) is 0 Å². The molecule has 1 aliphatic heterocycles. The molecule has 0 aromatic heterocycles. The number of rotatable bonds is 11. The molecule has 0 unspecified atom stereocenters. The van der Waals surface area contributed by atoms with Crippen molar-refractivity contribution in [1.29, 1.82) is 0 Å². The van der Waals surface area contributed by atoms with Crippen molar-refractivity contribution in [2.75, 3.05) is 13.6 Å². The van der Waals surface area contributed by atoms with Gasteiger partial charge in [-0.15, -0.1) is 0 Å². The molecule has 3 N–H and O–H groups in total. The molecule has 4 amide bonds. The van der Waals surface area contributed by atoms with Crippen molar-refractivity contribution < 1.29 is 33.8 Å². The maximum atomic E-state index is 13.8. The van der Waals surface area contributed by atoms with Crippen molar-refractivity contribution in [1.82, 2.24) is 20.4 Å². The highest BCUT2D eigenvalue weighted by Crippen LogP contribution is 2.24. The number of likely N-dealkylation sites (N-methyl/N-ethyl adjacent to an activating group) is 1. The Balaban J connectivity index is 2.24. The van der Waals surface area contributed by atoms with Crippen LogP contribution < -0.4 is 10.6 Å². The number of nitrogens with zero attached hydrogens (tertiary/aromatic N) is 5. The predicted molar refractivity (Wildman–Crippen MR) is 153 cm³/mol. The van der Waals surface area contributed by atoms with Crippen LogP contribution in [-0.2, 0) is 30.3 Å². The van der Waals surface area contributed by atoms with Crippen molar-refractivity contribution in [2.24, 2.45) is 11.0 Å². The minimum atomic E-state index is -1.26. The molecule has 0 bridgehead atoms. The first-order valence-electron chi connectivity index (χ1n) is 13.7. The maximum absolute atomic E-state index is 13.8. The molecule has 230 valence electrons. The second-order valence-electron chi connectivity index (χ2n) is 11.7. The van der Waals surface area contributed by atoms with Gasteiger partial charge in [0.15, 0.2) is 0 Å². The molecule has 1 fully saturated rings. The van der Waals surface area contributed by atoms with Gasteiger partial charge in [0.05, 0.1) is 6.04 Å². The van der Waals surface area contributed by atoms with Gasteiger partial charge in [0.25, 0.3) is 0 Å². The van der Waals surface area contributed by atoms with E-state index in [2.05, 4.69) is 20.7 Å². The monoisotopic (exact) mass is 587 g/mol. The first-order valence-corrected chi connectivity index (χ1v) is 13.7. The predicted octanol–water partition coefficient (Wildman–Crippen LogP) is 2.47. The number of benzene rings is 1. The van der Waals surface area contributed by atoms with Crippen LogP contribution in [0.2, 0.25) is 0 Å². The molecule has 0 aliphatic carbocycles. The number of aliphatic carboxylic acids is 1. The number of carboxylic acid groups (broad SMARTS) is 1. The molecule has 14 nitrogen and oxygen atoms in total. The lowest BCUT2D eigenvalue weighted by Gasteiger charge is -2.33. The van der Waals surface area contributed by atoms with Crippen LogP contribution in [0.25, 0.3) is 10.4 Å². The molecule has 1 saturated heterocycles. The van der Waals surface area contributed by atoms with Gasteiger partial charge in [0.1, 0.15) is 29.8 Å². The molecular formula is C28H41N7O7. The summed E-state index contributed by atoms with van der Waals surface area (Å²) in [4.78, 5) is 69.8. The van der Waals surface area contributed by atoms with E-state index in [9.17, 15) is 29.1 Å². The second-order valence-corrected chi connectivity index (χ2v) is 11.7. The van der Waals surface area contributed by atoms with Gasteiger partial charge < -0.3 is 25.4 Å². The van der Waals surface area contributed by atoms with Crippen LogP contribution in [0.4, 0.5) is 4.79 Å². The highest BCUT2D eigenvalue weighted by molar-refractivity contribution is 5.95. The molecule has 1 aromatic carbocycles. The number of hydrogen-bond acceptors (Lipinski definition) is 7. The Bertz CT molecular complexity index is 1190. The summed E-state index contributed by atoms with van der Waals surface area (Å²) in [5, 5.41) is 18.6. The average molecular weight is 588 g/mol. The standard InChI is InChI=1S/C28H41N7O7/c1-16(2)22(31-23(36)17(3)34(7)27(41)42-28(4,5)6)25(38)35-15-19(32-33-29)14-21(35)24(37)30-20(26(39)40)13-18-11-9-8-10-12-18/h8-12,16-17,19-22H,13-15H2,1-7H3,(H,30,37)(H,31,36)(H,39,40)/t17-,19-,20-,21-,22-/m0/s1. The van der Waals surface area contributed by atoms with Crippen LogP contribution in [0.15, 0.2) is 35.4 Å². The average Bonchev–Trinajstić information content (AvgIpc) is 3.33. The first kappa shape index (κ1) is 33.9. The van der Waals surface area contributed by atoms with E-state index in [0.29, 0.717) is 5.56 Å². The van der Waals surface area contributed by atoms with Crippen LogP contribution >= 0.6 is 0 Å². The van der Waals surface area contributed by atoms with Crippen LogP contribution in [0, 0.1) is 5.92 Å². The van der Waals surface area contributed by atoms with Crippen LogP contribution in [0.3, 0.4) is 0 Å². The summed E-state index contributed by atoms with van der Waals surface area (Å²) in [6, 6.07) is 3.57. The van der Waals surface area contributed by atoms with Crippen LogP contribution in [-0.4, -0.2) is 94.1 Å². The molecule has 0 saturated carbocycles. The largest absolute Gasteiger partial charge is 0.480 e. The zero-order valence-corrected chi connectivity index (χ0v) is 25.1. The van der Waals surface area contributed by atoms with Crippen molar-refractivity contribution in [3.63, 3.8) is 0 Å². The van der Waals surface area contributed by atoms with Gasteiger partial charge in [-0.3, -0.25) is 19.3 Å². The number of azide groups is 1. The number of amides is 4. The lowest BCUT2D eigenvalue weighted by molar-refractivity contribution is -0.145. The zero-order chi connectivity index (χ0) is 31.8. The van der Waals surface area contributed by atoms with E-state index in [1.165, 1.54) is 18.9 Å². The summed E-state index contributed by atoms with van der Waals surface area (Å²) in [5.74, 6) is -3.60. The zero-order valence-electron chi connectivity index (χ0n) is 25.1. The molecule has 1 heterocycles. The van der Waals surface area contributed by atoms with Crippen molar-refractivity contribution in [2.45, 2.75) is 90.2 Å². The maximum Gasteiger partial charge on any atom is 0.410 e. The third-order valence-electron chi connectivity index (χ3n) is 6.85. The Morgan fingerprint density at radius 3 is 2.29 bits per heavy atom. The van der Waals surface area contributed by atoms with E-state index < -0.39 is 71.5 Å². The number of ether oxygens (including phenoxy) is 1. The van der Waals surface area contributed by atoms with Gasteiger partial charge in [0, 0.05) is 24.9 Å². The highest BCUT2D eigenvalue weighted by Gasteiger charge is 2.43. The Morgan fingerprint density at radius 2 is 1.76 bits per heavy atom. The number of carboxylic acids is 1. The summed E-state index contributed by atoms with van der Waals surface area (Å²) < 4.78 is 5.32. The summed E-state index contributed by atoms with van der Waals surface area (Å²) >= 11 is 0. The fourth-order valence-corrected chi connectivity index (χ4v) is 4.41. The number of likely N-dealkylation sites (tertiary alicyclic amines) is 1. The molecule has 42 heavy (non-hydrogen) atoms. The van der Waals surface area contributed by atoms with Crippen molar-refractivity contribution >= 4 is 29.8 Å². The fourth-order valence-electron chi connectivity index (χ4n) is 4.41. The summed E-state index contributed by atoms with van der Waals surface area (Å²) in [5.41, 5.74) is 8.91. The van der Waals surface area contributed by atoms with E-state index in [-0.39, 0.29) is 19.4 Å². The normalized spacial score (nSPS) is 18.7. The van der Waals surface area contributed by atoms with Crippen molar-refractivity contribution in [3.8, 4) is 0 Å². The SMILES string of the molecule is CC(C)[C@H](NC(=O)[C@H](C)N(C)C(=O)OC(C)(C)C)C(=O)N1C[C@@H](N=[N+]=[N-])C[C@H]1C(=O)N[C@@H](Cc1ccccc1)C(=O)O. The quantitative estimate of drug-likeness (QED) is 0.201. The number of hydrogen-bond donors (Lipinski definition) is 3. The Hall–Kier alpha value is -4.32. The van der Waals surface area contributed by atoms with Gasteiger partial charge in [-0.25, -0.2) is 9.59 Å². The molecule has 0 spiro atoms. The Kier molecular flexibility index (Phi) is 11.7. The molecule has 1 aromatic rings. The Labute approximate surface area is 245 Å². The minimum absolute atomic E-state index is 0.0180. The molecule has 2 rings (SSSR count). The lowest BCUT2D eigenvalue weighted by atomic mass is 10.0. The van der Waals surface area contributed by atoms with Gasteiger partial charge in [0.2, 0.25) is 17.7 Å². The summed E-state index contributed by atoms with van der Waals surface area (Å²) in [6.45, 7) is 9.91. The van der Waals surface area contributed by atoms with E-state index in [0.717, 1.165) is 4.90 Å². The molecule has 0 radical (unpaired) electrons. The van der Waals surface area contributed by atoms with E-state index in [1.807, 2.05) is 0 Å². The third kappa shape index (κ3) is 9.37. The summed E-state index contributed by atoms with van der Waals surface area (Å²) in [6.07, 6.45) is -0.707. The fraction of sp³-hybridized carbons (Fsp3) is 0.607. The van der Waals surface area contributed by atoms with Crippen LogP contribution in [0.5, 0.6) is 0 Å². The van der Waals surface area contributed by atoms with E-state index >= 15 is 0 Å². The first-order chi connectivity index (χ1) is 19.5. The smallest absolute Gasteiger partial charge is 0.410 e. The molecule has 5 atom stereocenters.